The molecule has 0 aliphatic heterocycles. The molecule has 0 saturated carbocycles. The van der Waals surface area contributed by atoms with Crippen LogP contribution in [0.25, 0.3) is 6.08 Å². The third kappa shape index (κ3) is 5.70. The number of carbonyl (C=O) groups is 1. The van der Waals surface area contributed by atoms with Crippen molar-refractivity contribution in [2.75, 3.05) is 7.11 Å². The van der Waals surface area contributed by atoms with E-state index in [1.165, 1.54) is 31.7 Å². The first-order chi connectivity index (χ1) is 10.1. The maximum absolute atomic E-state index is 13.8. The summed E-state index contributed by atoms with van der Waals surface area (Å²) in [6.07, 6.45) is 8.41. The van der Waals surface area contributed by atoms with Crippen molar-refractivity contribution in [2.24, 2.45) is 0 Å². The van der Waals surface area contributed by atoms with Gasteiger partial charge < -0.3 is 4.74 Å². The second-order valence-electron chi connectivity index (χ2n) is 5.27. The topological polar surface area (TPSA) is 26.3 Å². The molecule has 1 rings (SSSR count). The van der Waals surface area contributed by atoms with Crippen molar-refractivity contribution in [3.05, 3.63) is 41.2 Å². The largest absolute Gasteiger partial charge is 0.466 e. The van der Waals surface area contributed by atoms with Crippen LogP contribution >= 0.6 is 0 Å². The zero-order valence-electron chi connectivity index (χ0n) is 13.2. The summed E-state index contributed by atoms with van der Waals surface area (Å²) in [5, 5.41) is 0. The molecule has 1 unspecified atom stereocenters. The van der Waals surface area contributed by atoms with Gasteiger partial charge in [0.2, 0.25) is 0 Å². The number of carbonyl (C=O) groups excluding carboxylic acids is 1. The zero-order valence-corrected chi connectivity index (χ0v) is 13.2. The van der Waals surface area contributed by atoms with Crippen molar-refractivity contribution in [1.82, 2.24) is 0 Å². The molecule has 0 aromatic heterocycles. The van der Waals surface area contributed by atoms with Gasteiger partial charge in [-0.15, -0.1) is 0 Å². The average molecular weight is 292 g/mol. The molecule has 0 N–H and O–H groups in total. The first kappa shape index (κ1) is 17.4. The lowest BCUT2D eigenvalue weighted by Gasteiger charge is -2.17. The van der Waals surface area contributed by atoms with Crippen molar-refractivity contribution < 1.29 is 13.9 Å². The van der Waals surface area contributed by atoms with Crippen LogP contribution < -0.4 is 0 Å². The van der Waals surface area contributed by atoms with Gasteiger partial charge >= 0.3 is 5.97 Å². The Morgan fingerprint density at radius 1 is 1.29 bits per heavy atom. The van der Waals surface area contributed by atoms with Crippen LogP contribution in [0.4, 0.5) is 4.39 Å². The Labute approximate surface area is 127 Å². The van der Waals surface area contributed by atoms with Crippen LogP contribution in [0.15, 0.2) is 24.3 Å². The Kier molecular flexibility index (Phi) is 7.73. The van der Waals surface area contributed by atoms with Crippen molar-refractivity contribution in [3.8, 4) is 0 Å². The van der Waals surface area contributed by atoms with Gasteiger partial charge in [-0.05, 0) is 42.5 Å². The lowest BCUT2D eigenvalue weighted by molar-refractivity contribution is -0.134. The Morgan fingerprint density at radius 2 is 2.05 bits per heavy atom. The average Bonchev–Trinajstić information content (AvgIpc) is 2.50. The predicted molar refractivity (Wildman–Crippen MR) is 84.6 cm³/mol. The van der Waals surface area contributed by atoms with Crippen molar-refractivity contribution in [2.45, 2.75) is 51.9 Å². The molecule has 1 atom stereocenters. The normalized spacial score (nSPS) is 12.6. The molecule has 0 spiro atoms. The minimum atomic E-state index is -0.476. The summed E-state index contributed by atoms with van der Waals surface area (Å²) in [7, 11) is 1.31. The maximum Gasteiger partial charge on any atom is 0.330 e. The Morgan fingerprint density at radius 3 is 2.67 bits per heavy atom. The number of unbranched alkanes of at least 4 members (excludes halogenated alkanes) is 1. The predicted octanol–water partition coefficient (Wildman–Crippen LogP) is 5.09. The van der Waals surface area contributed by atoms with E-state index in [1.807, 2.05) is 12.1 Å². The molecule has 0 amide bonds. The summed E-state index contributed by atoms with van der Waals surface area (Å²) >= 11 is 0. The Hall–Kier alpha value is -1.64. The van der Waals surface area contributed by atoms with E-state index in [4.69, 9.17) is 0 Å². The van der Waals surface area contributed by atoms with Crippen molar-refractivity contribution >= 4 is 12.0 Å². The molecule has 1 aromatic carbocycles. The van der Waals surface area contributed by atoms with Gasteiger partial charge in [-0.25, -0.2) is 9.18 Å². The lowest BCUT2D eigenvalue weighted by atomic mass is 9.88. The fraction of sp³-hybridized carbons (Fsp3) is 0.500. The van der Waals surface area contributed by atoms with Crippen molar-refractivity contribution in [3.63, 3.8) is 0 Å². The first-order valence-electron chi connectivity index (χ1n) is 7.67. The molecule has 0 fully saturated rings. The summed E-state index contributed by atoms with van der Waals surface area (Å²) in [5.41, 5.74) is 1.59. The molecule has 116 valence electrons. The van der Waals surface area contributed by atoms with E-state index in [-0.39, 0.29) is 5.82 Å². The molecular weight excluding hydrogens is 267 g/mol. The number of ether oxygens (including phenoxy) is 1. The minimum absolute atomic E-state index is 0.315. The maximum atomic E-state index is 13.8. The van der Waals surface area contributed by atoms with E-state index in [0.29, 0.717) is 11.5 Å². The van der Waals surface area contributed by atoms with Gasteiger partial charge in [-0.1, -0.05) is 39.2 Å². The molecule has 1 aromatic rings. The molecule has 2 nitrogen and oxygen atoms in total. The van der Waals surface area contributed by atoms with E-state index in [0.717, 1.165) is 31.2 Å². The quantitative estimate of drug-likeness (QED) is 0.493. The highest BCUT2D eigenvalue weighted by Crippen LogP contribution is 2.28. The van der Waals surface area contributed by atoms with E-state index >= 15 is 0 Å². The number of methoxy groups -OCH3 is 1. The first-order valence-corrected chi connectivity index (χ1v) is 7.67. The molecule has 0 bridgehead atoms. The number of esters is 1. The van der Waals surface area contributed by atoms with Gasteiger partial charge in [0.25, 0.3) is 0 Å². The summed E-state index contributed by atoms with van der Waals surface area (Å²) in [4.78, 5) is 11.1. The molecule has 0 heterocycles. The Balaban J connectivity index is 2.96. The highest BCUT2D eigenvalue weighted by atomic mass is 19.1. The van der Waals surface area contributed by atoms with E-state index in [2.05, 4.69) is 18.6 Å². The standard InChI is InChI=1S/C18H25FO2/c1-4-6-8-14(7-5-2)15-9-11-17(19)16(13-15)10-12-18(20)21-3/h9-14H,4-8H2,1-3H3/b12-10+. The molecule has 0 radical (unpaired) electrons. The highest BCUT2D eigenvalue weighted by molar-refractivity contribution is 5.86. The fourth-order valence-corrected chi connectivity index (χ4v) is 2.45. The monoisotopic (exact) mass is 292 g/mol. The van der Waals surface area contributed by atoms with E-state index in [1.54, 1.807) is 0 Å². The number of hydrogen-bond acceptors (Lipinski definition) is 2. The van der Waals surface area contributed by atoms with Crippen LogP contribution in [0.3, 0.4) is 0 Å². The third-order valence-electron chi connectivity index (χ3n) is 3.63. The number of hydrogen-bond donors (Lipinski definition) is 0. The van der Waals surface area contributed by atoms with E-state index < -0.39 is 5.97 Å². The second-order valence-corrected chi connectivity index (χ2v) is 5.27. The van der Waals surface area contributed by atoms with Gasteiger partial charge in [-0.2, -0.15) is 0 Å². The lowest BCUT2D eigenvalue weighted by Crippen LogP contribution is -2.00. The van der Waals surface area contributed by atoms with Crippen LogP contribution in [0.2, 0.25) is 0 Å². The van der Waals surface area contributed by atoms with Gasteiger partial charge in [0, 0.05) is 11.6 Å². The molecule has 0 aliphatic carbocycles. The van der Waals surface area contributed by atoms with Gasteiger partial charge in [-0.3, -0.25) is 0 Å². The summed E-state index contributed by atoms with van der Waals surface area (Å²) < 4.78 is 18.4. The minimum Gasteiger partial charge on any atom is -0.466 e. The summed E-state index contributed by atoms with van der Waals surface area (Å²) in [6, 6.07) is 5.20. The molecular formula is C18H25FO2. The number of benzene rings is 1. The van der Waals surface area contributed by atoms with Crippen LogP contribution in [-0.2, 0) is 9.53 Å². The van der Waals surface area contributed by atoms with E-state index in [9.17, 15) is 9.18 Å². The summed E-state index contributed by atoms with van der Waals surface area (Å²) in [5.74, 6) is -0.332. The van der Waals surface area contributed by atoms with Gasteiger partial charge in [0.15, 0.2) is 0 Å². The molecule has 0 saturated heterocycles. The van der Waals surface area contributed by atoms with Crippen LogP contribution in [0.1, 0.15) is 63.0 Å². The molecule has 21 heavy (non-hydrogen) atoms. The van der Waals surface area contributed by atoms with Crippen LogP contribution in [0, 0.1) is 5.82 Å². The zero-order chi connectivity index (χ0) is 15.7. The van der Waals surface area contributed by atoms with Gasteiger partial charge in [0.1, 0.15) is 5.82 Å². The van der Waals surface area contributed by atoms with Crippen LogP contribution in [-0.4, -0.2) is 13.1 Å². The number of halogens is 1. The highest BCUT2D eigenvalue weighted by Gasteiger charge is 2.12. The number of rotatable bonds is 8. The second kappa shape index (κ2) is 9.32. The van der Waals surface area contributed by atoms with Gasteiger partial charge in [0.05, 0.1) is 7.11 Å². The van der Waals surface area contributed by atoms with Crippen LogP contribution in [0.5, 0.6) is 0 Å². The smallest absolute Gasteiger partial charge is 0.330 e. The Bertz CT molecular complexity index is 480. The molecule has 0 aliphatic rings. The molecule has 3 heteroatoms. The van der Waals surface area contributed by atoms with Crippen molar-refractivity contribution in [1.29, 1.82) is 0 Å². The summed E-state index contributed by atoms with van der Waals surface area (Å²) in [6.45, 7) is 4.35. The SMILES string of the molecule is CCCCC(CCC)c1ccc(F)c(/C=C/C(=O)OC)c1. The third-order valence-corrected chi connectivity index (χ3v) is 3.63. The fourth-order valence-electron chi connectivity index (χ4n) is 2.45.